The Morgan fingerprint density at radius 1 is 1.41 bits per heavy atom. The summed E-state index contributed by atoms with van der Waals surface area (Å²) in [6.45, 7) is 0. The number of ether oxygens (including phenoxy) is 1. The molecule has 1 aromatic carbocycles. The first-order valence-corrected chi connectivity index (χ1v) is 4.79. The van der Waals surface area contributed by atoms with Crippen LogP contribution in [0.2, 0.25) is 0 Å². The molecule has 0 heterocycles. The number of hydrogen-bond acceptors (Lipinski definition) is 4. The lowest BCUT2D eigenvalue weighted by molar-refractivity contribution is -0.135. The molecule has 0 aromatic heterocycles. The molecule has 5 nitrogen and oxygen atoms in total. The van der Waals surface area contributed by atoms with Crippen molar-refractivity contribution in [3.8, 4) is 0 Å². The minimum absolute atomic E-state index is 0.469. The third-order valence-electron chi connectivity index (χ3n) is 1.95. The van der Waals surface area contributed by atoms with E-state index in [1.165, 1.54) is 6.08 Å². The number of rotatable bonds is 3. The largest absolute Gasteiger partial charge is 0.509 e. The summed E-state index contributed by atoms with van der Waals surface area (Å²) in [7, 11) is 1.13. The fraction of sp³-hybridized carbons (Fsp3) is 0.0833. The number of aliphatic hydroxyl groups is 1. The normalized spacial score (nSPS) is 11.8. The number of esters is 1. The maximum atomic E-state index is 11.1. The van der Waals surface area contributed by atoms with Crippen molar-refractivity contribution in [2.24, 2.45) is 0 Å². The predicted molar refractivity (Wildman–Crippen MR) is 62.2 cm³/mol. The molecule has 0 aliphatic heterocycles. The fourth-order valence-electron chi connectivity index (χ4n) is 1.11. The Kier molecular flexibility index (Phi) is 4.45. The molecule has 17 heavy (non-hydrogen) atoms. The highest BCUT2D eigenvalue weighted by atomic mass is 16.5. The van der Waals surface area contributed by atoms with Gasteiger partial charge in [-0.15, -0.1) is 0 Å². The van der Waals surface area contributed by atoms with Gasteiger partial charge in [0.15, 0.2) is 4.98 Å². The fourth-order valence-corrected chi connectivity index (χ4v) is 1.11. The van der Waals surface area contributed by atoms with Crippen molar-refractivity contribution in [2.45, 2.75) is 0 Å². The number of methoxy groups -OCH3 is 1. The van der Waals surface area contributed by atoms with Gasteiger partial charge in [0.25, 0.3) is 0 Å². The van der Waals surface area contributed by atoms with E-state index in [1.54, 1.807) is 6.08 Å². The summed E-state index contributed by atoms with van der Waals surface area (Å²) in [4.78, 5) is 13.7. The predicted octanol–water partition coefficient (Wildman–Crippen LogP) is 2.50. The minimum Gasteiger partial charge on any atom is -0.501 e. The molecule has 0 fully saturated rings. The van der Waals surface area contributed by atoms with Gasteiger partial charge < -0.3 is 9.84 Å². The Labute approximate surface area is 98.3 Å². The summed E-state index contributed by atoms with van der Waals surface area (Å²) in [5.74, 6) is -1.38. The maximum absolute atomic E-state index is 11.1. The summed E-state index contributed by atoms with van der Waals surface area (Å²) >= 11 is 0. The Bertz CT molecular complexity index is 498. The molecule has 0 atom stereocenters. The topological polar surface area (TPSA) is 74.7 Å². The second kappa shape index (κ2) is 6.08. The number of allylic oxidation sites excluding steroid dienone is 1. The molecule has 0 aliphatic rings. The van der Waals surface area contributed by atoms with Gasteiger partial charge in [-0.3, -0.25) is 0 Å². The van der Waals surface area contributed by atoms with Crippen LogP contribution in [0.1, 0.15) is 5.56 Å². The molecule has 1 N–H and O–H groups in total. The van der Waals surface area contributed by atoms with Crippen molar-refractivity contribution in [3.63, 3.8) is 0 Å². The smallest absolute Gasteiger partial charge is 0.501 e. The van der Waals surface area contributed by atoms with E-state index in [1.807, 2.05) is 30.3 Å². The highest BCUT2D eigenvalue weighted by Gasteiger charge is 2.28. The van der Waals surface area contributed by atoms with E-state index in [2.05, 4.69) is 9.71 Å². The van der Waals surface area contributed by atoms with Crippen molar-refractivity contribution in [1.82, 2.24) is 0 Å². The number of carbonyl (C=O) groups excluding carboxylic acids is 1. The summed E-state index contributed by atoms with van der Waals surface area (Å²) in [6, 6.07) is 9.15. The monoisotopic (exact) mass is 231 g/mol. The Morgan fingerprint density at radius 2 is 2.06 bits per heavy atom. The van der Waals surface area contributed by atoms with E-state index >= 15 is 0 Å². The van der Waals surface area contributed by atoms with Crippen LogP contribution in [0.5, 0.6) is 0 Å². The molecule has 0 amide bonds. The van der Waals surface area contributed by atoms with Gasteiger partial charge in [0, 0.05) is 0 Å². The Balaban J connectivity index is 2.95. The summed E-state index contributed by atoms with van der Waals surface area (Å²) in [5, 5.41) is 18.1. The van der Waals surface area contributed by atoms with Gasteiger partial charge >= 0.3 is 11.7 Å². The quantitative estimate of drug-likeness (QED) is 0.285. The number of diazo groups is 1. The first kappa shape index (κ1) is 12.5. The van der Waals surface area contributed by atoms with E-state index in [0.717, 1.165) is 12.7 Å². The molecule has 0 saturated carbocycles. The van der Waals surface area contributed by atoms with Crippen molar-refractivity contribution in [2.75, 3.05) is 7.11 Å². The van der Waals surface area contributed by atoms with E-state index in [9.17, 15) is 9.90 Å². The second-order valence-corrected chi connectivity index (χ2v) is 3.07. The van der Waals surface area contributed by atoms with E-state index in [-0.39, 0.29) is 0 Å². The van der Waals surface area contributed by atoms with Crippen LogP contribution < -0.4 is 0 Å². The van der Waals surface area contributed by atoms with Gasteiger partial charge in [-0.1, -0.05) is 36.4 Å². The number of hydrogen-bond donors (Lipinski definition) is 1. The first-order valence-electron chi connectivity index (χ1n) is 4.79. The molecular weight excluding hydrogens is 220 g/mol. The first-order chi connectivity index (χ1) is 8.19. The van der Waals surface area contributed by atoms with Gasteiger partial charge in [-0.05, 0) is 11.6 Å². The Hall–Kier alpha value is -2.61. The van der Waals surface area contributed by atoms with Gasteiger partial charge in [0.05, 0.1) is 7.11 Å². The molecule has 0 unspecified atom stereocenters. The van der Waals surface area contributed by atoms with E-state index in [4.69, 9.17) is 5.39 Å². The third-order valence-corrected chi connectivity index (χ3v) is 1.95. The number of aliphatic hydroxyl groups excluding tert-OH is 1. The molecular formula is C12H11N2O3+. The minimum atomic E-state index is -0.914. The lowest BCUT2D eigenvalue weighted by Gasteiger charge is -1.91. The van der Waals surface area contributed by atoms with Crippen molar-refractivity contribution in [3.05, 3.63) is 58.4 Å². The SMILES string of the molecule is COC(=O)C([N+]#N)=C(O)C=Cc1ccccc1. The van der Waals surface area contributed by atoms with Crippen LogP contribution in [0.3, 0.4) is 0 Å². The number of benzene rings is 1. The number of nitrogens with zero attached hydrogens (tertiary/aromatic N) is 2. The second-order valence-electron chi connectivity index (χ2n) is 3.07. The average Bonchev–Trinajstić information content (AvgIpc) is 2.38. The summed E-state index contributed by atoms with van der Waals surface area (Å²) in [5.41, 5.74) is 0.292. The molecule has 0 saturated heterocycles. The lowest BCUT2D eigenvalue weighted by atomic mass is 10.2. The van der Waals surface area contributed by atoms with Crippen molar-refractivity contribution < 1.29 is 14.6 Å². The summed E-state index contributed by atoms with van der Waals surface area (Å²) in [6.07, 6.45) is 2.82. The van der Waals surface area contributed by atoms with Crippen LogP contribution in [0.4, 0.5) is 0 Å². The third kappa shape index (κ3) is 3.47. The zero-order chi connectivity index (χ0) is 12.7. The molecule has 0 radical (unpaired) electrons. The van der Waals surface area contributed by atoms with Crippen LogP contribution >= 0.6 is 0 Å². The maximum Gasteiger partial charge on any atom is 0.509 e. The van der Waals surface area contributed by atoms with Gasteiger partial charge in [-0.2, -0.15) is 0 Å². The summed E-state index contributed by atoms with van der Waals surface area (Å²) < 4.78 is 4.33. The van der Waals surface area contributed by atoms with Crippen LogP contribution in [0, 0.1) is 5.39 Å². The van der Waals surface area contributed by atoms with Crippen LogP contribution in [-0.2, 0) is 9.53 Å². The van der Waals surface area contributed by atoms with E-state index in [0.29, 0.717) is 0 Å². The van der Waals surface area contributed by atoms with Crippen LogP contribution in [-0.4, -0.2) is 18.2 Å². The molecule has 1 rings (SSSR count). The van der Waals surface area contributed by atoms with Crippen molar-refractivity contribution >= 4 is 12.0 Å². The van der Waals surface area contributed by atoms with Gasteiger partial charge in [-0.25, -0.2) is 4.79 Å². The highest BCUT2D eigenvalue weighted by molar-refractivity contribution is 5.91. The lowest BCUT2D eigenvalue weighted by Crippen LogP contribution is -2.03. The van der Waals surface area contributed by atoms with Crippen LogP contribution in [0.15, 0.2) is 47.9 Å². The molecule has 0 spiro atoms. The molecule has 1 aromatic rings. The zero-order valence-corrected chi connectivity index (χ0v) is 9.20. The van der Waals surface area contributed by atoms with Crippen molar-refractivity contribution in [1.29, 1.82) is 5.39 Å². The molecule has 0 bridgehead atoms. The standard InChI is InChI=1S/C12H10N2O3/c1-17-12(16)11(14-13)10(15)8-7-9-5-3-2-4-6-9/h2-8H,1H3/p+1. The van der Waals surface area contributed by atoms with Gasteiger partial charge in [0.1, 0.15) is 0 Å². The highest BCUT2D eigenvalue weighted by Crippen LogP contribution is 2.09. The molecule has 0 aliphatic carbocycles. The van der Waals surface area contributed by atoms with Crippen LogP contribution in [0.25, 0.3) is 11.1 Å². The average molecular weight is 231 g/mol. The molecule has 5 heteroatoms. The van der Waals surface area contributed by atoms with E-state index < -0.39 is 17.4 Å². The molecule has 86 valence electrons. The Morgan fingerprint density at radius 3 is 2.59 bits per heavy atom. The zero-order valence-electron chi connectivity index (χ0n) is 9.20. The van der Waals surface area contributed by atoms with Gasteiger partial charge in [0.2, 0.25) is 11.2 Å². The number of carbonyl (C=O) groups is 1.